The number of hydrogen-bond acceptors (Lipinski definition) is 1. The van der Waals surface area contributed by atoms with Gasteiger partial charge >= 0.3 is 0 Å². The maximum Gasteiger partial charge on any atom is 0.0439 e. The smallest absolute Gasteiger partial charge is 0.0439 e. The summed E-state index contributed by atoms with van der Waals surface area (Å²) in [7, 11) is -0.929. The third-order valence-electron chi connectivity index (χ3n) is 6.76. The van der Waals surface area contributed by atoms with Gasteiger partial charge in [0.2, 0.25) is 0 Å². The summed E-state index contributed by atoms with van der Waals surface area (Å²) in [6, 6.07) is 17.8. The molecule has 1 heterocycles. The van der Waals surface area contributed by atoms with Gasteiger partial charge in [0.25, 0.3) is 0 Å². The van der Waals surface area contributed by atoms with Crippen LogP contribution in [0.5, 0.6) is 0 Å². The lowest BCUT2D eigenvalue weighted by atomic mass is 9.82. The lowest BCUT2D eigenvalue weighted by molar-refractivity contribution is 1.03. The van der Waals surface area contributed by atoms with Gasteiger partial charge in [-0.15, -0.1) is 0 Å². The van der Waals surface area contributed by atoms with Crippen LogP contribution in [-0.2, 0) is 0 Å². The van der Waals surface area contributed by atoms with E-state index in [0.717, 1.165) is 0 Å². The number of aromatic nitrogens is 1. The molecule has 5 rings (SSSR count). The lowest BCUT2D eigenvalue weighted by Gasteiger charge is -2.22. The van der Waals surface area contributed by atoms with Crippen LogP contribution in [0.4, 0.5) is 0 Å². The van der Waals surface area contributed by atoms with E-state index in [0.29, 0.717) is 11.5 Å². The number of fused-ring (bicyclic) bond motifs is 2. The van der Waals surface area contributed by atoms with Gasteiger partial charge in [0.05, 0.1) is 0 Å². The zero-order valence-electron chi connectivity index (χ0n) is 17.9. The van der Waals surface area contributed by atoms with Gasteiger partial charge in [-0.1, -0.05) is 76.6 Å². The van der Waals surface area contributed by atoms with Crippen molar-refractivity contribution >= 4 is 36.4 Å². The zero-order valence-corrected chi connectivity index (χ0v) is 20.6. The number of halogens is 1. The summed E-state index contributed by atoms with van der Waals surface area (Å²) in [6.07, 6.45) is 6.18. The summed E-state index contributed by atoms with van der Waals surface area (Å²) >= 11 is 3.78. The molecule has 0 amide bonds. The molecule has 0 saturated carbocycles. The highest BCUT2D eigenvalue weighted by Crippen LogP contribution is 2.56. The Morgan fingerprint density at radius 2 is 1.60 bits per heavy atom. The molecule has 0 N–H and O–H groups in total. The van der Waals surface area contributed by atoms with Gasteiger partial charge in [0.15, 0.2) is 0 Å². The van der Waals surface area contributed by atoms with Crippen molar-refractivity contribution in [1.29, 1.82) is 0 Å². The van der Waals surface area contributed by atoms with Gasteiger partial charge in [-0.3, -0.25) is 4.98 Å². The summed E-state index contributed by atoms with van der Waals surface area (Å²) in [5.74, 6) is 0.331. The average Bonchev–Trinajstić information content (AvgIpc) is 3.22. The molecule has 0 fully saturated rings. The van der Waals surface area contributed by atoms with Crippen LogP contribution in [0.3, 0.4) is 0 Å². The van der Waals surface area contributed by atoms with Crippen molar-refractivity contribution in [2.45, 2.75) is 38.4 Å². The molecular weight excluding hydrogens is 446 g/mol. The van der Waals surface area contributed by atoms with Crippen LogP contribution < -0.4 is 0 Å². The van der Waals surface area contributed by atoms with Crippen molar-refractivity contribution in [2.24, 2.45) is 0 Å². The van der Waals surface area contributed by atoms with Gasteiger partial charge in [-0.2, -0.15) is 0 Å². The van der Waals surface area contributed by atoms with E-state index < -0.39 is 8.80 Å². The summed E-state index contributed by atoms with van der Waals surface area (Å²) < 4.78 is 1.19. The minimum atomic E-state index is -0.929. The van der Waals surface area contributed by atoms with Crippen LogP contribution in [0.25, 0.3) is 22.8 Å². The number of benzene rings is 2. The highest BCUT2D eigenvalue weighted by Gasteiger charge is 2.39. The SMILES string of the molecule is CC1=Cc2c(Br)cccc2C1C1=C(C)C([SiH](C)C)c2cccc(-c3ccncc3)c21. The molecule has 0 aliphatic heterocycles. The van der Waals surface area contributed by atoms with Crippen LogP contribution in [-0.4, -0.2) is 13.8 Å². The van der Waals surface area contributed by atoms with Gasteiger partial charge in [-0.25, -0.2) is 0 Å². The maximum atomic E-state index is 4.25. The Hall–Kier alpha value is -2.23. The normalized spacial score (nSPS) is 19.9. The quantitative estimate of drug-likeness (QED) is 0.358. The third kappa shape index (κ3) is 2.90. The lowest BCUT2D eigenvalue weighted by Crippen LogP contribution is -2.15. The summed E-state index contributed by atoms with van der Waals surface area (Å²) in [6.45, 7) is 9.67. The first-order valence-corrected chi connectivity index (χ1v) is 14.5. The Balaban J connectivity index is 1.80. The minimum Gasteiger partial charge on any atom is -0.265 e. The first kappa shape index (κ1) is 19.7. The number of allylic oxidation sites excluding steroid dienone is 3. The Morgan fingerprint density at radius 1 is 0.900 bits per heavy atom. The predicted molar refractivity (Wildman–Crippen MR) is 134 cm³/mol. The van der Waals surface area contributed by atoms with Gasteiger partial charge < -0.3 is 0 Å². The number of pyridine rings is 1. The highest BCUT2D eigenvalue weighted by molar-refractivity contribution is 9.10. The van der Waals surface area contributed by atoms with Crippen LogP contribution in [0.15, 0.2) is 76.5 Å². The van der Waals surface area contributed by atoms with Crippen molar-refractivity contribution in [2.75, 3.05) is 0 Å². The minimum absolute atomic E-state index is 0.331. The van der Waals surface area contributed by atoms with Gasteiger partial charge in [0, 0.05) is 31.6 Å². The van der Waals surface area contributed by atoms with E-state index in [1.54, 1.807) is 5.57 Å². The maximum absolute atomic E-state index is 4.25. The molecule has 2 unspecified atom stereocenters. The molecule has 2 aromatic carbocycles. The van der Waals surface area contributed by atoms with Crippen LogP contribution in [0.1, 0.15) is 47.6 Å². The number of rotatable bonds is 3. The monoisotopic (exact) mass is 471 g/mol. The Kier molecular flexibility index (Phi) is 4.91. The molecule has 0 saturated heterocycles. The first-order chi connectivity index (χ1) is 14.5. The van der Waals surface area contributed by atoms with Crippen molar-refractivity contribution < 1.29 is 0 Å². The van der Waals surface area contributed by atoms with Crippen LogP contribution in [0.2, 0.25) is 13.1 Å². The molecule has 0 spiro atoms. The molecule has 3 aromatic rings. The summed E-state index contributed by atoms with van der Waals surface area (Å²) in [5, 5.41) is 0. The van der Waals surface area contributed by atoms with Crippen molar-refractivity contribution in [3.05, 3.63) is 98.8 Å². The molecule has 150 valence electrons. The molecular formula is C27H26BrNSi. The van der Waals surface area contributed by atoms with E-state index in [-0.39, 0.29) is 0 Å². The van der Waals surface area contributed by atoms with E-state index in [1.807, 2.05) is 12.4 Å². The number of hydrogen-bond donors (Lipinski definition) is 0. The third-order valence-corrected chi connectivity index (χ3v) is 9.65. The molecule has 30 heavy (non-hydrogen) atoms. The Bertz CT molecular complexity index is 1210. The predicted octanol–water partition coefficient (Wildman–Crippen LogP) is 7.61. The second-order valence-corrected chi connectivity index (χ2v) is 12.9. The second-order valence-electron chi connectivity index (χ2n) is 8.89. The second kappa shape index (κ2) is 7.47. The summed E-state index contributed by atoms with van der Waals surface area (Å²) in [4.78, 5) is 4.25. The van der Waals surface area contributed by atoms with E-state index >= 15 is 0 Å². The fourth-order valence-corrected chi connectivity index (χ4v) is 8.30. The van der Waals surface area contributed by atoms with Crippen molar-refractivity contribution in [3.8, 4) is 11.1 Å². The van der Waals surface area contributed by atoms with Crippen LogP contribution >= 0.6 is 15.9 Å². The van der Waals surface area contributed by atoms with Crippen molar-refractivity contribution in [3.63, 3.8) is 0 Å². The molecule has 1 nitrogen and oxygen atoms in total. The molecule has 0 bridgehead atoms. The van der Waals surface area contributed by atoms with E-state index in [4.69, 9.17) is 0 Å². The molecule has 1 aromatic heterocycles. The van der Waals surface area contributed by atoms with E-state index in [9.17, 15) is 0 Å². The molecule has 2 atom stereocenters. The summed E-state index contributed by atoms with van der Waals surface area (Å²) in [5.41, 5.74) is 13.5. The largest absolute Gasteiger partial charge is 0.265 e. The fraction of sp³-hybridized carbons (Fsp3) is 0.222. The molecule has 0 radical (unpaired) electrons. The van der Waals surface area contributed by atoms with Gasteiger partial charge in [0.1, 0.15) is 0 Å². The number of nitrogens with zero attached hydrogens (tertiary/aromatic N) is 1. The standard InChI is InChI=1S/C27H26BrNSi/c1-16-15-22-20(8-6-10-23(22)28)24(16)25-17(2)27(30(3)4)21-9-5-7-19(26(21)25)18-11-13-29-14-12-18/h5-15,24,27,30H,1-4H3. The van der Waals surface area contributed by atoms with Gasteiger partial charge in [-0.05, 0) is 76.5 Å². The Labute approximate surface area is 189 Å². The topological polar surface area (TPSA) is 12.9 Å². The Morgan fingerprint density at radius 3 is 2.33 bits per heavy atom. The van der Waals surface area contributed by atoms with E-state index in [1.165, 1.54) is 49.0 Å². The fourth-order valence-electron chi connectivity index (χ4n) is 5.63. The average molecular weight is 473 g/mol. The first-order valence-electron chi connectivity index (χ1n) is 10.7. The molecule has 2 aliphatic carbocycles. The van der Waals surface area contributed by atoms with Crippen molar-refractivity contribution in [1.82, 2.24) is 4.98 Å². The molecule has 2 aliphatic rings. The van der Waals surface area contributed by atoms with E-state index in [2.05, 4.69) is 102 Å². The molecule has 3 heteroatoms. The highest BCUT2D eigenvalue weighted by atomic mass is 79.9. The zero-order chi connectivity index (χ0) is 21.0. The van der Waals surface area contributed by atoms with Crippen LogP contribution in [0, 0.1) is 0 Å².